The number of nitrogens with zero attached hydrogens (tertiary/aromatic N) is 2. The SMILES string of the molecule is Cc1cc(C)c(Cc2c(C)n[nH]c2C)c(C)c1Cc1c(C)n[nH]c1C. The molecule has 0 radical (unpaired) electrons. The smallest absolute Gasteiger partial charge is 0.0629 e. The maximum Gasteiger partial charge on any atom is 0.0629 e. The zero-order valence-electron chi connectivity index (χ0n) is 16.4. The molecule has 4 nitrogen and oxygen atoms in total. The molecule has 3 rings (SSSR count). The van der Waals surface area contributed by atoms with Gasteiger partial charge in [0.15, 0.2) is 0 Å². The first-order valence-electron chi connectivity index (χ1n) is 8.89. The van der Waals surface area contributed by atoms with Crippen molar-refractivity contribution in [3.05, 3.63) is 67.8 Å². The van der Waals surface area contributed by atoms with Crippen LogP contribution < -0.4 is 0 Å². The molecule has 0 saturated heterocycles. The fourth-order valence-corrected chi connectivity index (χ4v) is 3.84. The van der Waals surface area contributed by atoms with E-state index in [4.69, 9.17) is 0 Å². The second-order valence-electron chi connectivity index (χ2n) is 7.27. The lowest BCUT2D eigenvalue weighted by Gasteiger charge is -2.18. The summed E-state index contributed by atoms with van der Waals surface area (Å²) in [4.78, 5) is 0. The van der Waals surface area contributed by atoms with Gasteiger partial charge in [-0.25, -0.2) is 0 Å². The van der Waals surface area contributed by atoms with Crippen LogP contribution in [0.1, 0.15) is 61.7 Å². The monoisotopic (exact) mass is 336 g/mol. The zero-order chi connectivity index (χ0) is 18.3. The molecule has 4 heteroatoms. The fourth-order valence-electron chi connectivity index (χ4n) is 3.84. The van der Waals surface area contributed by atoms with Crippen LogP contribution in [0, 0.1) is 48.5 Å². The molecule has 2 heterocycles. The molecule has 0 aliphatic heterocycles. The average Bonchev–Trinajstić information content (AvgIpc) is 3.03. The highest BCUT2D eigenvalue weighted by atomic mass is 15.1. The Bertz CT molecular complexity index is 817. The molecule has 0 aliphatic carbocycles. The first-order chi connectivity index (χ1) is 11.8. The van der Waals surface area contributed by atoms with Crippen LogP contribution in [0.25, 0.3) is 0 Å². The van der Waals surface area contributed by atoms with E-state index in [-0.39, 0.29) is 0 Å². The Morgan fingerprint density at radius 1 is 0.640 bits per heavy atom. The van der Waals surface area contributed by atoms with E-state index in [2.05, 4.69) is 74.9 Å². The molecule has 3 aromatic rings. The van der Waals surface area contributed by atoms with Gasteiger partial charge in [0.2, 0.25) is 0 Å². The number of aromatic amines is 2. The van der Waals surface area contributed by atoms with E-state index in [0.717, 1.165) is 24.2 Å². The van der Waals surface area contributed by atoms with Crippen LogP contribution in [-0.4, -0.2) is 20.4 Å². The first-order valence-corrected chi connectivity index (χ1v) is 8.89. The minimum Gasteiger partial charge on any atom is -0.282 e. The summed E-state index contributed by atoms with van der Waals surface area (Å²) in [7, 11) is 0. The third-order valence-corrected chi connectivity index (χ3v) is 5.56. The van der Waals surface area contributed by atoms with E-state index in [9.17, 15) is 0 Å². The van der Waals surface area contributed by atoms with E-state index in [1.54, 1.807) is 0 Å². The summed E-state index contributed by atoms with van der Waals surface area (Å²) >= 11 is 0. The number of rotatable bonds is 4. The highest BCUT2D eigenvalue weighted by Gasteiger charge is 2.17. The summed E-state index contributed by atoms with van der Waals surface area (Å²) in [5.74, 6) is 0. The summed E-state index contributed by atoms with van der Waals surface area (Å²) in [5.41, 5.74) is 14.1. The lowest BCUT2D eigenvalue weighted by molar-refractivity contribution is 1.02. The highest BCUT2D eigenvalue weighted by Crippen LogP contribution is 2.29. The molecule has 2 N–H and O–H groups in total. The molecule has 1 aromatic carbocycles. The van der Waals surface area contributed by atoms with E-state index >= 15 is 0 Å². The quantitative estimate of drug-likeness (QED) is 0.738. The summed E-state index contributed by atoms with van der Waals surface area (Å²) < 4.78 is 0. The van der Waals surface area contributed by atoms with Crippen LogP contribution in [0.5, 0.6) is 0 Å². The van der Waals surface area contributed by atoms with Crippen LogP contribution in [-0.2, 0) is 12.8 Å². The van der Waals surface area contributed by atoms with Gasteiger partial charge in [-0.1, -0.05) is 6.07 Å². The Morgan fingerprint density at radius 2 is 1.04 bits per heavy atom. The van der Waals surface area contributed by atoms with Crippen molar-refractivity contribution in [1.29, 1.82) is 0 Å². The summed E-state index contributed by atoms with van der Waals surface area (Å²) in [5, 5.41) is 14.9. The van der Waals surface area contributed by atoms with Gasteiger partial charge in [0.05, 0.1) is 11.4 Å². The number of H-pyrrole nitrogens is 2. The van der Waals surface area contributed by atoms with Gasteiger partial charge in [-0.2, -0.15) is 10.2 Å². The molecule has 0 bridgehead atoms. The standard InChI is InChI=1S/C21H28N4/c1-11-8-12(2)19(10-21-16(6)24-25-17(21)7)13(3)18(11)9-20-14(4)22-23-15(20)5/h8H,9-10H2,1-7H3,(H,22,23)(H,24,25). The number of benzene rings is 1. The van der Waals surface area contributed by atoms with Crippen LogP contribution in [0.2, 0.25) is 0 Å². The normalized spacial score (nSPS) is 11.3. The molecule has 2 aromatic heterocycles. The predicted octanol–water partition coefficient (Wildman–Crippen LogP) is 4.47. The summed E-state index contributed by atoms with van der Waals surface area (Å²) in [6, 6.07) is 2.33. The van der Waals surface area contributed by atoms with Crippen molar-refractivity contribution in [1.82, 2.24) is 20.4 Å². The maximum absolute atomic E-state index is 4.36. The van der Waals surface area contributed by atoms with Crippen LogP contribution in [0.4, 0.5) is 0 Å². The molecular weight excluding hydrogens is 308 g/mol. The van der Waals surface area contributed by atoms with E-state index < -0.39 is 0 Å². The average molecular weight is 336 g/mol. The molecule has 0 atom stereocenters. The lowest BCUT2D eigenvalue weighted by atomic mass is 9.86. The second-order valence-corrected chi connectivity index (χ2v) is 7.27. The summed E-state index contributed by atoms with van der Waals surface area (Å²) in [6.45, 7) is 15.1. The molecule has 25 heavy (non-hydrogen) atoms. The Hall–Kier alpha value is -2.36. The van der Waals surface area contributed by atoms with Crippen LogP contribution in [0.15, 0.2) is 6.07 Å². The van der Waals surface area contributed by atoms with Crippen molar-refractivity contribution in [2.24, 2.45) is 0 Å². The third kappa shape index (κ3) is 3.13. The number of hydrogen-bond acceptors (Lipinski definition) is 2. The van der Waals surface area contributed by atoms with Gasteiger partial charge in [-0.15, -0.1) is 0 Å². The molecule has 0 unspecified atom stereocenters. The number of nitrogens with one attached hydrogen (secondary N) is 2. The van der Waals surface area contributed by atoms with Gasteiger partial charge in [0, 0.05) is 35.4 Å². The lowest BCUT2D eigenvalue weighted by Crippen LogP contribution is -2.05. The topological polar surface area (TPSA) is 57.4 Å². The minimum atomic E-state index is 0.933. The van der Waals surface area contributed by atoms with Gasteiger partial charge in [0.25, 0.3) is 0 Å². The molecule has 132 valence electrons. The van der Waals surface area contributed by atoms with Gasteiger partial charge >= 0.3 is 0 Å². The first kappa shape index (κ1) is 17.5. The zero-order valence-corrected chi connectivity index (χ0v) is 16.4. The van der Waals surface area contributed by atoms with Crippen molar-refractivity contribution in [2.45, 2.75) is 61.3 Å². The maximum atomic E-state index is 4.36. The Labute approximate surface area is 150 Å². The molecule has 0 aliphatic rings. The molecule has 0 spiro atoms. The molecule has 0 fully saturated rings. The van der Waals surface area contributed by atoms with Crippen molar-refractivity contribution < 1.29 is 0 Å². The largest absolute Gasteiger partial charge is 0.282 e. The molecule has 0 saturated carbocycles. The van der Waals surface area contributed by atoms with Gasteiger partial charge < -0.3 is 0 Å². The molecule has 0 amide bonds. The van der Waals surface area contributed by atoms with Gasteiger partial charge in [-0.3, -0.25) is 10.2 Å². The van der Waals surface area contributed by atoms with Crippen LogP contribution in [0.3, 0.4) is 0 Å². The van der Waals surface area contributed by atoms with Gasteiger partial charge in [0.1, 0.15) is 0 Å². The van der Waals surface area contributed by atoms with Crippen molar-refractivity contribution in [3.63, 3.8) is 0 Å². The van der Waals surface area contributed by atoms with Crippen molar-refractivity contribution in [3.8, 4) is 0 Å². The predicted molar refractivity (Wildman–Crippen MR) is 102 cm³/mol. The number of hydrogen-bond donors (Lipinski definition) is 2. The van der Waals surface area contributed by atoms with Crippen molar-refractivity contribution in [2.75, 3.05) is 0 Å². The Kier molecular flexibility index (Phi) is 4.55. The number of aromatic nitrogens is 4. The van der Waals surface area contributed by atoms with E-state index in [1.165, 1.54) is 50.3 Å². The van der Waals surface area contributed by atoms with E-state index in [0.29, 0.717) is 0 Å². The Balaban J connectivity index is 2.06. The number of aryl methyl sites for hydroxylation is 6. The highest BCUT2D eigenvalue weighted by molar-refractivity contribution is 5.49. The van der Waals surface area contributed by atoms with Crippen molar-refractivity contribution >= 4 is 0 Å². The second kappa shape index (κ2) is 6.51. The van der Waals surface area contributed by atoms with E-state index in [1.807, 2.05) is 0 Å². The Morgan fingerprint density at radius 3 is 1.36 bits per heavy atom. The van der Waals surface area contributed by atoms with Crippen LogP contribution >= 0.6 is 0 Å². The van der Waals surface area contributed by atoms with Gasteiger partial charge in [-0.05, 0) is 76.3 Å². The third-order valence-electron chi connectivity index (χ3n) is 5.56. The fraction of sp³-hybridized carbons (Fsp3) is 0.429. The summed E-state index contributed by atoms with van der Waals surface area (Å²) in [6.07, 6.45) is 1.87. The molecular formula is C21H28N4. The minimum absolute atomic E-state index is 0.933.